The minimum atomic E-state index is -3.64. The molecule has 1 rings (SSSR count). The molecule has 0 fully saturated rings. The van der Waals surface area contributed by atoms with Crippen LogP contribution in [0.5, 0.6) is 0 Å². The Morgan fingerprint density at radius 3 is 2.50 bits per heavy atom. The first kappa shape index (κ1) is 12.9. The Morgan fingerprint density at radius 1 is 1.44 bits per heavy atom. The molecule has 0 spiro atoms. The first-order valence-corrected chi connectivity index (χ1v) is 6.89. The lowest BCUT2D eigenvalue weighted by atomic mass is 10.3. The second kappa shape index (κ2) is 4.81. The minimum Gasteiger partial charge on any atom is -0.258 e. The summed E-state index contributed by atoms with van der Waals surface area (Å²) in [6, 6.07) is 3.81. The summed E-state index contributed by atoms with van der Waals surface area (Å²) in [4.78, 5) is 10.4. The maximum absolute atomic E-state index is 11.4. The van der Waals surface area contributed by atoms with Gasteiger partial charge in [0, 0.05) is 6.07 Å². The fourth-order valence-electron chi connectivity index (χ4n) is 1.10. The molecule has 0 atom stereocenters. The van der Waals surface area contributed by atoms with Crippen molar-refractivity contribution in [2.75, 3.05) is 13.3 Å². The molecule has 0 aromatic heterocycles. The zero-order valence-electron chi connectivity index (χ0n) is 8.63. The first-order chi connectivity index (χ1) is 7.42. The highest BCUT2D eigenvalue weighted by atomic mass is 32.2. The van der Waals surface area contributed by atoms with Crippen LogP contribution in [-0.2, 0) is 10.0 Å². The van der Waals surface area contributed by atoms with Gasteiger partial charge in [-0.05, 0) is 25.4 Å². The van der Waals surface area contributed by atoms with Crippen molar-refractivity contribution in [3.63, 3.8) is 0 Å². The molecule has 6 nitrogen and oxygen atoms in total. The van der Waals surface area contributed by atoms with Gasteiger partial charge in [0.1, 0.15) is 0 Å². The van der Waals surface area contributed by atoms with Gasteiger partial charge in [0.15, 0.2) is 0 Å². The number of hydrogen-bond acceptors (Lipinski definition) is 5. The number of nitrogens with one attached hydrogen (secondary N) is 1. The van der Waals surface area contributed by atoms with E-state index in [4.69, 9.17) is 0 Å². The molecule has 16 heavy (non-hydrogen) atoms. The van der Waals surface area contributed by atoms with Crippen LogP contribution in [0.4, 0.5) is 5.69 Å². The Labute approximate surface area is 97.2 Å². The van der Waals surface area contributed by atoms with Crippen LogP contribution in [0, 0.1) is 10.1 Å². The maximum atomic E-state index is 11.4. The van der Waals surface area contributed by atoms with Crippen LogP contribution >= 0.6 is 11.8 Å². The number of nitro groups is 1. The second-order valence-electron chi connectivity index (χ2n) is 2.80. The van der Waals surface area contributed by atoms with Crippen LogP contribution in [0.2, 0.25) is 0 Å². The van der Waals surface area contributed by atoms with Gasteiger partial charge in [0.2, 0.25) is 10.0 Å². The van der Waals surface area contributed by atoms with Gasteiger partial charge in [0.25, 0.3) is 5.69 Å². The van der Waals surface area contributed by atoms with Crippen LogP contribution in [0.3, 0.4) is 0 Å². The SMILES string of the molecule is CNS(=O)(=O)c1ccc(SC)c([N+](=O)[O-])c1. The summed E-state index contributed by atoms with van der Waals surface area (Å²) in [6.45, 7) is 0. The molecule has 0 amide bonds. The monoisotopic (exact) mass is 262 g/mol. The third-order valence-corrected chi connectivity index (χ3v) is 4.12. The number of benzene rings is 1. The summed E-state index contributed by atoms with van der Waals surface area (Å²) in [5.74, 6) is 0. The van der Waals surface area contributed by atoms with Crippen molar-refractivity contribution in [1.29, 1.82) is 0 Å². The van der Waals surface area contributed by atoms with Gasteiger partial charge in [-0.15, -0.1) is 11.8 Å². The van der Waals surface area contributed by atoms with E-state index < -0.39 is 14.9 Å². The van der Waals surface area contributed by atoms with Crippen LogP contribution in [0.15, 0.2) is 28.0 Å². The zero-order valence-corrected chi connectivity index (χ0v) is 10.3. The molecule has 1 aromatic rings. The Morgan fingerprint density at radius 2 is 2.06 bits per heavy atom. The van der Waals surface area contributed by atoms with Gasteiger partial charge in [-0.25, -0.2) is 13.1 Å². The average molecular weight is 262 g/mol. The normalized spacial score (nSPS) is 11.4. The highest BCUT2D eigenvalue weighted by Crippen LogP contribution is 2.29. The molecule has 0 saturated heterocycles. The van der Waals surface area contributed by atoms with Crippen molar-refractivity contribution < 1.29 is 13.3 Å². The summed E-state index contributed by atoms with van der Waals surface area (Å²) in [7, 11) is -2.39. The van der Waals surface area contributed by atoms with Crippen molar-refractivity contribution in [3.05, 3.63) is 28.3 Å². The molecular weight excluding hydrogens is 252 g/mol. The van der Waals surface area contributed by atoms with Crippen molar-refractivity contribution in [3.8, 4) is 0 Å². The molecule has 88 valence electrons. The molecule has 0 unspecified atom stereocenters. The lowest BCUT2D eigenvalue weighted by Crippen LogP contribution is -2.18. The van der Waals surface area contributed by atoms with E-state index in [1.54, 1.807) is 6.26 Å². The van der Waals surface area contributed by atoms with Crippen molar-refractivity contribution in [2.45, 2.75) is 9.79 Å². The smallest absolute Gasteiger partial charge is 0.258 e. The molecule has 0 aliphatic rings. The summed E-state index contributed by atoms with van der Waals surface area (Å²) >= 11 is 1.19. The van der Waals surface area contributed by atoms with Gasteiger partial charge in [-0.2, -0.15) is 0 Å². The van der Waals surface area contributed by atoms with Crippen LogP contribution in [0.1, 0.15) is 0 Å². The van der Waals surface area contributed by atoms with E-state index in [9.17, 15) is 18.5 Å². The fourth-order valence-corrected chi connectivity index (χ4v) is 2.39. The van der Waals surface area contributed by atoms with E-state index in [1.165, 1.54) is 30.9 Å². The molecule has 0 aliphatic carbocycles. The van der Waals surface area contributed by atoms with E-state index in [2.05, 4.69) is 4.72 Å². The van der Waals surface area contributed by atoms with Gasteiger partial charge in [-0.3, -0.25) is 10.1 Å². The zero-order chi connectivity index (χ0) is 12.3. The number of thioether (sulfide) groups is 1. The summed E-state index contributed by atoms with van der Waals surface area (Å²) in [5.41, 5.74) is -0.205. The van der Waals surface area contributed by atoms with Crippen LogP contribution in [-0.4, -0.2) is 26.6 Å². The highest BCUT2D eigenvalue weighted by molar-refractivity contribution is 7.98. The van der Waals surface area contributed by atoms with Crippen molar-refractivity contribution in [1.82, 2.24) is 4.72 Å². The summed E-state index contributed by atoms with van der Waals surface area (Å²) in [5, 5.41) is 10.7. The maximum Gasteiger partial charge on any atom is 0.284 e. The predicted octanol–water partition coefficient (Wildman–Crippen LogP) is 1.22. The number of rotatable bonds is 4. The highest BCUT2D eigenvalue weighted by Gasteiger charge is 2.19. The molecular formula is C8H10N2O4S2. The van der Waals surface area contributed by atoms with E-state index in [0.29, 0.717) is 4.90 Å². The quantitative estimate of drug-likeness (QED) is 0.500. The molecule has 1 N–H and O–H groups in total. The molecule has 0 bridgehead atoms. The second-order valence-corrected chi connectivity index (χ2v) is 5.53. The van der Waals surface area contributed by atoms with E-state index in [1.807, 2.05) is 0 Å². The van der Waals surface area contributed by atoms with Gasteiger partial charge in [0.05, 0.1) is 14.7 Å². The molecule has 0 aliphatic heterocycles. The fraction of sp³-hybridized carbons (Fsp3) is 0.250. The lowest BCUT2D eigenvalue weighted by molar-refractivity contribution is -0.387. The Hall–Kier alpha value is -1.12. The van der Waals surface area contributed by atoms with Gasteiger partial charge in [-0.1, -0.05) is 0 Å². The predicted molar refractivity (Wildman–Crippen MR) is 61.1 cm³/mol. The number of nitrogens with zero attached hydrogens (tertiary/aromatic N) is 1. The first-order valence-electron chi connectivity index (χ1n) is 4.18. The summed E-state index contributed by atoms with van der Waals surface area (Å²) < 4.78 is 25.0. The standard InChI is InChI=1S/C8H10N2O4S2/c1-9-16(13,14)6-3-4-8(15-2)7(5-6)10(11)12/h3-5,9H,1-2H3. The molecule has 0 saturated carbocycles. The number of hydrogen-bond donors (Lipinski definition) is 1. The molecule has 0 radical (unpaired) electrons. The average Bonchev–Trinajstić information content (AvgIpc) is 2.28. The van der Waals surface area contributed by atoms with E-state index in [-0.39, 0.29) is 10.6 Å². The Bertz CT molecular complexity index is 513. The van der Waals surface area contributed by atoms with E-state index in [0.717, 1.165) is 6.07 Å². The summed E-state index contributed by atoms with van der Waals surface area (Å²) in [6.07, 6.45) is 1.69. The molecule has 0 heterocycles. The topological polar surface area (TPSA) is 89.3 Å². The van der Waals surface area contributed by atoms with Crippen LogP contribution < -0.4 is 4.72 Å². The molecule has 1 aromatic carbocycles. The Balaban J connectivity index is 3.39. The van der Waals surface area contributed by atoms with Crippen molar-refractivity contribution in [2.24, 2.45) is 0 Å². The number of sulfonamides is 1. The van der Waals surface area contributed by atoms with Gasteiger partial charge >= 0.3 is 0 Å². The van der Waals surface area contributed by atoms with E-state index >= 15 is 0 Å². The van der Waals surface area contributed by atoms with Crippen LogP contribution in [0.25, 0.3) is 0 Å². The van der Waals surface area contributed by atoms with Crippen molar-refractivity contribution >= 4 is 27.5 Å². The Kier molecular flexibility index (Phi) is 3.89. The number of nitro benzene ring substituents is 1. The van der Waals surface area contributed by atoms with Gasteiger partial charge < -0.3 is 0 Å². The largest absolute Gasteiger partial charge is 0.284 e. The molecule has 8 heteroatoms. The third kappa shape index (κ3) is 2.52. The third-order valence-electron chi connectivity index (χ3n) is 1.93. The minimum absolute atomic E-state index is 0.112. The lowest BCUT2D eigenvalue weighted by Gasteiger charge is -2.04.